The summed E-state index contributed by atoms with van der Waals surface area (Å²) < 4.78 is 1.93. The fourth-order valence-corrected chi connectivity index (χ4v) is 2.54. The van der Waals surface area contributed by atoms with Crippen LogP contribution in [0.4, 0.5) is 0 Å². The van der Waals surface area contributed by atoms with Gasteiger partial charge in [-0.25, -0.2) is 0 Å². The lowest BCUT2D eigenvalue weighted by Crippen LogP contribution is -2.15. The first kappa shape index (κ1) is 11.3. The predicted molar refractivity (Wildman–Crippen MR) is 65.2 cm³/mol. The van der Waals surface area contributed by atoms with Crippen molar-refractivity contribution in [2.45, 2.75) is 26.4 Å². The van der Waals surface area contributed by atoms with Crippen molar-refractivity contribution in [2.75, 3.05) is 0 Å². The van der Waals surface area contributed by atoms with Gasteiger partial charge in [0.05, 0.1) is 6.54 Å². The van der Waals surface area contributed by atoms with Gasteiger partial charge in [-0.1, -0.05) is 6.92 Å². The Bertz CT molecular complexity index is 446. The van der Waals surface area contributed by atoms with Crippen molar-refractivity contribution in [3.05, 3.63) is 34.0 Å². The van der Waals surface area contributed by atoms with Crippen molar-refractivity contribution in [1.82, 2.24) is 20.1 Å². The molecule has 2 aromatic rings. The highest BCUT2D eigenvalue weighted by Gasteiger charge is 2.03. The summed E-state index contributed by atoms with van der Waals surface area (Å²) in [7, 11) is 1.96. The van der Waals surface area contributed by atoms with E-state index in [9.17, 15) is 0 Å². The van der Waals surface area contributed by atoms with Crippen LogP contribution < -0.4 is 5.32 Å². The summed E-state index contributed by atoms with van der Waals surface area (Å²) >= 11 is 1.81. The van der Waals surface area contributed by atoms with E-state index in [-0.39, 0.29) is 0 Å². The second kappa shape index (κ2) is 5.23. The smallest absolute Gasteiger partial charge is 0.146 e. The van der Waals surface area contributed by atoms with Gasteiger partial charge in [0.2, 0.25) is 0 Å². The number of nitrogens with one attached hydrogen (secondary N) is 1. The molecule has 2 heterocycles. The number of hydrogen-bond donors (Lipinski definition) is 1. The van der Waals surface area contributed by atoms with Gasteiger partial charge >= 0.3 is 0 Å². The fraction of sp³-hybridized carbons (Fsp3) is 0.455. The summed E-state index contributed by atoms with van der Waals surface area (Å²) in [4.78, 5) is 1.42. The van der Waals surface area contributed by atoms with E-state index in [1.54, 1.807) is 6.33 Å². The summed E-state index contributed by atoms with van der Waals surface area (Å²) in [5, 5.41) is 13.4. The van der Waals surface area contributed by atoms with E-state index >= 15 is 0 Å². The molecule has 0 saturated heterocycles. The van der Waals surface area contributed by atoms with Gasteiger partial charge in [-0.2, -0.15) is 0 Å². The topological polar surface area (TPSA) is 42.7 Å². The third kappa shape index (κ3) is 2.48. The zero-order chi connectivity index (χ0) is 11.4. The zero-order valence-electron chi connectivity index (χ0n) is 9.60. The van der Waals surface area contributed by atoms with Gasteiger partial charge in [0.25, 0.3) is 0 Å². The molecule has 0 aliphatic rings. The monoisotopic (exact) mass is 236 g/mol. The molecule has 86 valence electrons. The Hall–Kier alpha value is -1.20. The molecule has 0 saturated carbocycles. The third-order valence-corrected chi connectivity index (χ3v) is 3.56. The van der Waals surface area contributed by atoms with Crippen molar-refractivity contribution in [1.29, 1.82) is 0 Å². The second-order valence-corrected chi connectivity index (χ2v) is 4.68. The van der Waals surface area contributed by atoms with Crippen LogP contribution in [0.5, 0.6) is 0 Å². The van der Waals surface area contributed by atoms with Gasteiger partial charge in [-0.3, -0.25) is 0 Å². The Morgan fingerprint density at radius 2 is 2.31 bits per heavy atom. The van der Waals surface area contributed by atoms with E-state index in [4.69, 9.17) is 0 Å². The van der Waals surface area contributed by atoms with Crippen molar-refractivity contribution in [2.24, 2.45) is 7.05 Å². The first-order valence-electron chi connectivity index (χ1n) is 5.40. The summed E-state index contributed by atoms with van der Waals surface area (Å²) in [6, 6.07) is 2.20. The van der Waals surface area contributed by atoms with Crippen LogP contribution in [0.25, 0.3) is 0 Å². The number of aromatic nitrogens is 3. The normalized spacial score (nSPS) is 10.9. The minimum absolute atomic E-state index is 0.761. The Kier molecular flexibility index (Phi) is 3.69. The van der Waals surface area contributed by atoms with Crippen LogP contribution in [0.1, 0.15) is 23.2 Å². The maximum absolute atomic E-state index is 4.03. The van der Waals surface area contributed by atoms with Crippen LogP contribution in [0.15, 0.2) is 17.8 Å². The largest absolute Gasteiger partial charge is 0.320 e. The Balaban J connectivity index is 1.87. The van der Waals surface area contributed by atoms with Crippen molar-refractivity contribution >= 4 is 11.3 Å². The molecule has 4 nitrogen and oxygen atoms in total. The van der Waals surface area contributed by atoms with Crippen LogP contribution in [0.3, 0.4) is 0 Å². The highest BCUT2D eigenvalue weighted by Crippen LogP contribution is 2.16. The van der Waals surface area contributed by atoms with Gasteiger partial charge < -0.3 is 9.88 Å². The lowest BCUT2D eigenvalue weighted by atomic mass is 10.2. The first-order chi connectivity index (χ1) is 7.81. The summed E-state index contributed by atoms with van der Waals surface area (Å²) in [5.74, 6) is 0.967. The van der Waals surface area contributed by atoms with Crippen molar-refractivity contribution < 1.29 is 0 Å². The summed E-state index contributed by atoms with van der Waals surface area (Å²) in [5.41, 5.74) is 1.44. The molecule has 0 amide bonds. The van der Waals surface area contributed by atoms with E-state index in [1.807, 2.05) is 23.0 Å². The molecule has 0 radical (unpaired) electrons. The van der Waals surface area contributed by atoms with Crippen LogP contribution >= 0.6 is 11.3 Å². The maximum atomic E-state index is 4.03. The van der Waals surface area contributed by atoms with E-state index < -0.39 is 0 Å². The number of aryl methyl sites for hydroxylation is 2. The molecule has 0 aliphatic heterocycles. The van der Waals surface area contributed by atoms with E-state index in [0.29, 0.717) is 0 Å². The molecule has 0 fully saturated rings. The van der Waals surface area contributed by atoms with Crippen molar-refractivity contribution in [3.63, 3.8) is 0 Å². The van der Waals surface area contributed by atoms with Crippen molar-refractivity contribution in [3.8, 4) is 0 Å². The van der Waals surface area contributed by atoms with Gasteiger partial charge in [0.15, 0.2) is 0 Å². The standard InChI is InChI=1S/C11H16N4S/c1-3-9-4-5-16-10(9)6-12-7-11-14-13-8-15(11)2/h4-5,8,12H,3,6-7H2,1-2H3. The van der Waals surface area contributed by atoms with Gasteiger partial charge in [0.1, 0.15) is 12.2 Å². The molecule has 16 heavy (non-hydrogen) atoms. The lowest BCUT2D eigenvalue weighted by Gasteiger charge is -2.04. The zero-order valence-corrected chi connectivity index (χ0v) is 10.4. The molecule has 0 bridgehead atoms. The quantitative estimate of drug-likeness (QED) is 0.859. The molecule has 0 aliphatic carbocycles. The molecule has 2 aromatic heterocycles. The molecule has 0 atom stereocenters. The van der Waals surface area contributed by atoms with Crippen LogP contribution in [0, 0.1) is 0 Å². The highest BCUT2D eigenvalue weighted by atomic mass is 32.1. The predicted octanol–water partition coefficient (Wildman–Crippen LogP) is 1.73. The first-order valence-corrected chi connectivity index (χ1v) is 6.28. The SMILES string of the molecule is CCc1ccsc1CNCc1nncn1C. The molecular formula is C11H16N4S. The van der Waals surface area contributed by atoms with Gasteiger partial charge in [0, 0.05) is 18.5 Å². The summed E-state index contributed by atoms with van der Waals surface area (Å²) in [6.07, 6.45) is 2.82. The molecule has 0 unspecified atom stereocenters. The number of rotatable bonds is 5. The minimum Gasteiger partial charge on any atom is -0.320 e. The number of nitrogens with zero attached hydrogens (tertiary/aromatic N) is 3. The molecule has 5 heteroatoms. The lowest BCUT2D eigenvalue weighted by molar-refractivity contribution is 0.639. The maximum Gasteiger partial charge on any atom is 0.146 e. The van der Waals surface area contributed by atoms with E-state index in [1.165, 1.54) is 10.4 Å². The van der Waals surface area contributed by atoms with E-state index in [2.05, 4.69) is 33.9 Å². The number of thiophene rings is 1. The Morgan fingerprint density at radius 1 is 1.44 bits per heavy atom. The molecule has 1 N–H and O–H groups in total. The van der Waals surface area contributed by atoms with Crippen LogP contribution in [-0.2, 0) is 26.6 Å². The van der Waals surface area contributed by atoms with E-state index in [0.717, 1.165) is 25.3 Å². The third-order valence-electron chi connectivity index (χ3n) is 2.59. The molecular weight excluding hydrogens is 220 g/mol. The van der Waals surface area contributed by atoms with Crippen LogP contribution in [0.2, 0.25) is 0 Å². The minimum atomic E-state index is 0.761. The molecule has 2 rings (SSSR count). The Labute approximate surface area is 99.3 Å². The number of hydrogen-bond acceptors (Lipinski definition) is 4. The summed E-state index contributed by atoms with van der Waals surface area (Å²) in [6.45, 7) is 3.86. The average molecular weight is 236 g/mol. The molecule has 0 aromatic carbocycles. The Morgan fingerprint density at radius 3 is 3.00 bits per heavy atom. The van der Waals surface area contributed by atoms with Gasteiger partial charge in [-0.05, 0) is 23.4 Å². The van der Waals surface area contributed by atoms with Crippen LogP contribution in [-0.4, -0.2) is 14.8 Å². The average Bonchev–Trinajstić information content (AvgIpc) is 2.88. The van der Waals surface area contributed by atoms with Gasteiger partial charge in [-0.15, -0.1) is 21.5 Å². The highest BCUT2D eigenvalue weighted by molar-refractivity contribution is 7.10. The fourth-order valence-electron chi connectivity index (χ4n) is 1.59. The molecule has 0 spiro atoms. The second-order valence-electron chi connectivity index (χ2n) is 3.68.